The van der Waals surface area contributed by atoms with E-state index in [4.69, 9.17) is 33.0 Å². The first-order valence-electron chi connectivity index (χ1n) is 28.3. The lowest BCUT2D eigenvalue weighted by molar-refractivity contribution is 0.101. The van der Waals surface area contributed by atoms with Gasteiger partial charge in [0.25, 0.3) is 0 Å². The highest BCUT2D eigenvalue weighted by molar-refractivity contribution is 7.28. The lowest BCUT2D eigenvalue weighted by Gasteiger charge is -2.20. The molecule has 0 saturated carbocycles. The number of ether oxygens (including phenoxy) is 1. The van der Waals surface area contributed by atoms with Crippen molar-refractivity contribution in [2.24, 2.45) is 0 Å². The molecule has 18 heteroatoms. The minimum Gasteiger partial charge on any atom is -0.497 e. The van der Waals surface area contributed by atoms with Crippen LogP contribution in [0.4, 0.5) is 11.4 Å². The number of carbonyl (C=O) groups is 8. The summed E-state index contributed by atoms with van der Waals surface area (Å²) in [6, 6.07) is 59.9. The SMILES string of the molecule is CN(C)c1ccc(C(=O)[Si](C)(C)C(=O)c2ccc(N(C)C)cc2)cc1.COc1ccc(C(=O)[Si](C)(C)C(=O)c2ccc(CO)cc2)cc1.C[Si](C)(C(=O)c1ccc(Cl)cc1)C(=O)c1ccc(Cl)cc1.C[Si](C)(C(=O)c1ccccc1)C(=O)c1ccccc1. The summed E-state index contributed by atoms with van der Waals surface area (Å²) in [6.07, 6.45) is 0. The predicted octanol–water partition coefficient (Wildman–Crippen LogP) is 15.1. The van der Waals surface area contributed by atoms with E-state index in [9.17, 15) is 38.4 Å². The summed E-state index contributed by atoms with van der Waals surface area (Å²) in [7, 11) is -1.69. The summed E-state index contributed by atoms with van der Waals surface area (Å²) in [5, 5.41) is 9.71. The van der Waals surface area contributed by atoms with Crippen LogP contribution in [0.25, 0.3) is 0 Å². The fourth-order valence-corrected chi connectivity index (χ4v) is 17.2. The van der Waals surface area contributed by atoms with Crippen molar-refractivity contribution in [2.45, 2.75) is 59.0 Å². The Kier molecular flexibility index (Phi) is 25.1. The topological polar surface area (TPSA) is 172 Å². The third kappa shape index (κ3) is 18.0. The fraction of sp³-hybridized carbons (Fsp3) is 0.200. The van der Waals surface area contributed by atoms with Crippen LogP contribution in [0.2, 0.25) is 62.4 Å². The lowest BCUT2D eigenvalue weighted by Crippen LogP contribution is -2.46. The van der Waals surface area contributed by atoms with E-state index in [1.54, 1.807) is 155 Å². The number of aliphatic hydroxyl groups is 1. The summed E-state index contributed by atoms with van der Waals surface area (Å²) in [6.45, 7) is 14.3. The van der Waals surface area contributed by atoms with Gasteiger partial charge < -0.3 is 19.6 Å². The first kappa shape index (κ1) is 70.7. The standard InChI is InChI=1S/C20H26N2O2Si.C18H20O4Si.C16H14Cl2O2Si.C16H16O2Si/c1-21(2)17-11-7-15(8-12-17)19(23)25(5,6)20(24)16-9-13-18(14-10-16)22(3)4;1-22-16-10-8-15(9-11-16)18(21)23(2,3)17(20)14-6-4-13(12-19)5-7-14;1-21(2,15(19)11-3-7-13(17)8-4-11)16(20)12-5-9-14(18)10-6-12;1-19(2,15(17)13-9-5-3-6-10-13)16(18)14-11-7-4-8-12-14/h7-14H,1-6H3;4-11,19H,12H2,1-3H3;3-10H,1-2H3;3-12H,1-2H3. The van der Waals surface area contributed by atoms with Crippen molar-refractivity contribution in [3.8, 4) is 5.75 Å². The van der Waals surface area contributed by atoms with Crippen molar-refractivity contribution < 1.29 is 48.2 Å². The molecule has 0 aromatic heterocycles. The highest BCUT2D eigenvalue weighted by Crippen LogP contribution is 2.26. The molecule has 0 bridgehead atoms. The molecular weight excluding hydrogens is 1210 g/mol. The zero-order chi connectivity index (χ0) is 65.3. The van der Waals surface area contributed by atoms with Crippen LogP contribution in [0, 0.1) is 0 Å². The third-order valence-electron chi connectivity index (χ3n) is 14.9. The highest BCUT2D eigenvalue weighted by atomic mass is 35.5. The Morgan fingerprint density at radius 2 is 0.534 bits per heavy atom. The lowest BCUT2D eigenvalue weighted by atomic mass is 10.1. The van der Waals surface area contributed by atoms with E-state index in [0.717, 1.165) is 16.9 Å². The Balaban J connectivity index is 0.000000215. The Bertz CT molecular complexity index is 3490. The molecule has 0 amide bonds. The van der Waals surface area contributed by atoms with Crippen LogP contribution in [-0.2, 0) is 6.61 Å². The van der Waals surface area contributed by atoms with Crippen LogP contribution in [-0.4, -0.2) is 116 Å². The van der Waals surface area contributed by atoms with Gasteiger partial charge in [0.2, 0.25) is 32.3 Å². The zero-order valence-electron chi connectivity index (χ0n) is 52.1. The number of hydrogen-bond donors (Lipinski definition) is 1. The maximum Gasteiger partial charge on any atom is 0.214 e. The molecule has 0 aliphatic carbocycles. The second-order valence-corrected chi connectivity index (χ2v) is 40.9. The highest BCUT2D eigenvalue weighted by Gasteiger charge is 2.43. The average Bonchev–Trinajstić information content (AvgIpc) is 2.17. The van der Waals surface area contributed by atoms with Gasteiger partial charge >= 0.3 is 0 Å². The van der Waals surface area contributed by atoms with Gasteiger partial charge in [-0.25, -0.2) is 0 Å². The average molecular weight is 1290 g/mol. The van der Waals surface area contributed by atoms with Gasteiger partial charge in [-0.2, -0.15) is 0 Å². The molecule has 12 nitrogen and oxygen atoms in total. The Morgan fingerprint density at radius 3 is 0.750 bits per heavy atom. The number of anilines is 2. The van der Waals surface area contributed by atoms with E-state index >= 15 is 0 Å². The van der Waals surface area contributed by atoms with Gasteiger partial charge in [0, 0.05) is 94.1 Å². The normalized spacial score (nSPS) is 11.1. The molecule has 0 fully saturated rings. The minimum atomic E-state index is -2.83. The molecular formula is C70H76Cl2N2O10Si4. The smallest absolute Gasteiger partial charge is 0.214 e. The van der Waals surface area contributed by atoms with Crippen LogP contribution >= 0.6 is 23.2 Å². The molecule has 0 spiro atoms. The quantitative estimate of drug-likeness (QED) is 0.0717. The second kappa shape index (κ2) is 31.2. The van der Waals surface area contributed by atoms with Crippen molar-refractivity contribution >= 4 is 110 Å². The molecule has 88 heavy (non-hydrogen) atoms. The van der Waals surface area contributed by atoms with Crippen LogP contribution in [0.15, 0.2) is 206 Å². The van der Waals surface area contributed by atoms with E-state index in [1.165, 1.54) is 0 Å². The van der Waals surface area contributed by atoms with Crippen LogP contribution in [0.3, 0.4) is 0 Å². The maximum atomic E-state index is 13.0. The van der Waals surface area contributed by atoms with Crippen LogP contribution in [0.5, 0.6) is 5.75 Å². The number of methoxy groups -OCH3 is 1. The first-order chi connectivity index (χ1) is 41.4. The number of aliphatic hydroxyl groups excluding tert-OH is 1. The van der Waals surface area contributed by atoms with Gasteiger partial charge in [-0.15, -0.1) is 0 Å². The molecule has 456 valence electrons. The third-order valence-corrected chi connectivity index (χ3v) is 26.8. The van der Waals surface area contributed by atoms with Crippen molar-refractivity contribution in [2.75, 3.05) is 45.1 Å². The minimum absolute atomic E-state index is 0.0121. The molecule has 0 aliphatic rings. The largest absolute Gasteiger partial charge is 0.497 e. The van der Waals surface area contributed by atoms with Crippen molar-refractivity contribution in [3.05, 3.63) is 266 Å². The number of benzene rings is 8. The van der Waals surface area contributed by atoms with E-state index in [0.29, 0.717) is 60.3 Å². The zero-order valence-corrected chi connectivity index (χ0v) is 57.6. The molecule has 1 N–H and O–H groups in total. The number of nitrogens with zero attached hydrogens (tertiary/aromatic N) is 2. The molecule has 8 aromatic carbocycles. The van der Waals surface area contributed by atoms with Gasteiger partial charge in [0.05, 0.1) is 13.7 Å². The number of rotatable bonds is 20. The summed E-state index contributed by atoms with van der Waals surface area (Å²) < 4.78 is 5.09. The van der Waals surface area contributed by atoms with Crippen molar-refractivity contribution in [1.82, 2.24) is 0 Å². The van der Waals surface area contributed by atoms with Crippen molar-refractivity contribution in [3.63, 3.8) is 0 Å². The summed E-state index contributed by atoms with van der Waals surface area (Å²) in [4.78, 5) is 106. The number of carbonyl (C=O) groups excluding carboxylic acids is 8. The summed E-state index contributed by atoms with van der Waals surface area (Å²) in [5.74, 6) is 0.673. The Hall–Kier alpha value is -8.07. The Labute approximate surface area is 531 Å². The maximum absolute atomic E-state index is 13.0. The van der Waals surface area contributed by atoms with Gasteiger partial charge in [0.1, 0.15) is 49.0 Å². The summed E-state index contributed by atoms with van der Waals surface area (Å²) in [5.41, 5.74) is 7.37. The van der Waals surface area contributed by atoms with Crippen LogP contribution < -0.4 is 14.5 Å². The monoisotopic (exact) mass is 1290 g/mol. The molecule has 8 aromatic rings. The number of hydrogen-bond acceptors (Lipinski definition) is 12. The van der Waals surface area contributed by atoms with E-state index < -0.39 is 32.3 Å². The second-order valence-electron chi connectivity index (χ2n) is 23.3. The molecule has 0 heterocycles. The van der Waals surface area contributed by atoms with Gasteiger partial charge in [-0.1, -0.05) is 185 Å². The van der Waals surface area contributed by atoms with E-state index in [1.807, 2.05) is 149 Å². The van der Waals surface area contributed by atoms with Gasteiger partial charge in [-0.05, 0) is 103 Å². The van der Waals surface area contributed by atoms with E-state index in [2.05, 4.69) is 0 Å². The molecule has 0 radical (unpaired) electrons. The van der Waals surface area contributed by atoms with Gasteiger partial charge in [0.15, 0.2) is 0 Å². The first-order valence-corrected chi connectivity index (χ1v) is 41.0. The number of halogens is 2. The molecule has 0 aliphatic heterocycles. The molecule has 0 atom stereocenters. The van der Waals surface area contributed by atoms with Crippen molar-refractivity contribution in [1.29, 1.82) is 0 Å². The molecule has 0 unspecified atom stereocenters. The fourth-order valence-electron chi connectivity index (χ4n) is 9.01. The Morgan fingerprint density at radius 1 is 0.330 bits per heavy atom. The summed E-state index contributed by atoms with van der Waals surface area (Å²) >= 11 is 11.6. The molecule has 0 saturated heterocycles. The van der Waals surface area contributed by atoms with Crippen LogP contribution in [0.1, 0.15) is 88.4 Å². The van der Waals surface area contributed by atoms with Gasteiger partial charge in [-0.3, -0.25) is 38.4 Å². The predicted molar refractivity (Wildman–Crippen MR) is 367 cm³/mol. The van der Waals surface area contributed by atoms with E-state index in [-0.39, 0.29) is 49.9 Å². The molecule has 8 rings (SSSR count).